The van der Waals surface area contributed by atoms with Crippen LogP contribution in [0.25, 0.3) is 6.08 Å². The van der Waals surface area contributed by atoms with E-state index in [0.717, 1.165) is 12.8 Å². The molecule has 3 nitrogen and oxygen atoms in total. The second kappa shape index (κ2) is 5.46. The third-order valence-electron chi connectivity index (χ3n) is 2.93. The molecule has 0 spiro atoms. The average Bonchev–Trinajstić information content (AvgIpc) is 2.91. The number of benzene rings is 1. The molecule has 1 fully saturated rings. The number of halogens is 1. The van der Waals surface area contributed by atoms with E-state index in [4.69, 9.17) is 5.26 Å². The smallest absolute Gasteiger partial charge is 0.264 e. The lowest BCUT2D eigenvalue weighted by molar-refractivity contribution is -0.125. The van der Waals surface area contributed by atoms with Gasteiger partial charge in [0, 0.05) is 13.1 Å². The van der Waals surface area contributed by atoms with Crippen LogP contribution in [0, 0.1) is 17.1 Å². The molecule has 0 aromatic heterocycles. The number of rotatable bonds is 2. The molecule has 92 valence electrons. The van der Waals surface area contributed by atoms with Crippen LogP contribution < -0.4 is 0 Å². The van der Waals surface area contributed by atoms with Gasteiger partial charge in [0.05, 0.1) is 0 Å². The van der Waals surface area contributed by atoms with E-state index in [-0.39, 0.29) is 17.3 Å². The highest BCUT2D eigenvalue weighted by Gasteiger charge is 2.21. The largest absolute Gasteiger partial charge is 0.338 e. The highest BCUT2D eigenvalue weighted by Crippen LogP contribution is 2.14. The third-order valence-corrected chi connectivity index (χ3v) is 2.93. The van der Waals surface area contributed by atoms with Crippen molar-refractivity contribution in [1.82, 2.24) is 4.90 Å². The fourth-order valence-corrected chi connectivity index (χ4v) is 1.96. The van der Waals surface area contributed by atoms with Crippen molar-refractivity contribution in [3.05, 3.63) is 41.2 Å². The van der Waals surface area contributed by atoms with Gasteiger partial charge in [0.15, 0.2) is 0 Å². The van der Waals surface area contributed by atoms with Crippen LogP contribution in [-0.2, 0) is 4.79 Å². The third kappa shape index (κ3) is 2.75. The van der Waals surface area contributed by atoms with E-state index < -0.39 is 0 Å². The monoisotopic (exact) mass is 244 g/mol. The molecule has 0 aliphatic carbocycles. The van der Waals surface area contributed by atoms with E-state index in [2.05, 4.69) is 0 Å². The summed E-state index contributed by atoms with van der Waals surface area (Å²) in [7, 11) is 0. The van der Waals surface area contributed by atoms with Gasteiger partial charge < -0.3 is 4.90 Å². The number of amides is 1. The van der Waals surface area contributed by atoms with Crippen LogP contribution in [0.1, 0.15) is 18.4 Å². The molecule has 0 atom stereocenters. The van der Waals surface area contributed by atoms with Gasteiger partial charge in [-0.05, 0) is 36.6 Å². The van der Waals surface area contributed by atoms with Crippen LogP contribution in [0.2, 0.25) is 0 Å². The summed E-state index contributed by atoms with van der Waals surface area (Å²) in [6.07, 6.45) is 3.47. The topological polar surface area (TPSA) is 44.1 Å². The van der Waals surface area contributed by atoms with Gasteiger partial charge in [-0.25, -0.2) is 4.39 Å². The van der Waals surface area contributed by atoms with E-state index in [1.807, 2.05) is 6.07 Å². The predicted molar refractivity (Wildman–Crippen MR) is 65.8 cm³/mol. The Morgan fingerprint density at radius 2 is 1.89 bits per heavy atom. The number of carbonyl (C=O) groups is 1. The summed E-state index contributed by atoms with van der Waals surface area (Å²) >= 11 is 0. The van der Waals surface area contributed by atoms with Crippen molar-refractivity contribution in [2.75, 3.05) is 13.1 Å². The molecule has 1 aromatic carbocycles. The van der Waals surface area contributed by atoms with Crippen LogP contribution in [0.5, 0.6) is 0 Å². The average molecular weight is 244 g/mol. The summed E-state index contributed by atoms with van der Waals surface area (Å²) in [5, 5.41) is 9.03. The van der Waals surface area contributed by atoms with Gasteiger partial charge in [-0.1, -0.05) is 12.1 Å². The molecule has 1 aromatic rings. The van der Waals surface area contributed by atoms with Crippen LogP contribution in [0.15, 0.2) is 29.8 Å². The minimum Gasteiger partial charge on any atom is -0.338 e. The summed E-state index contributed by atoms with van der Waals surface area (Å²) in [5.74, 6) is -0.573. The first-order chi connectivity index (χ1) is 8.70. The Bertz CT molecular complexity index is 508. The summed E-state index contributed by atoms with van der Waals surface area (Å²) in [6, 6.07) is 7.62. The maximum Gasteiger partial charge on any atom is 0.264 e. The lowest BCUT2D eigenvalue weighted by atomic mass is 10.1. The quantitative estimate of drug-likeness (QED) is 0.592. The van der Waals surface area contributed by atoms with E-state index in [1.165, 1.54) is 18.2 Å². The number of nitrogens with zero attached hydrogens (tertiary/aromatic N) is 2. The lowest BCUT2D eigenvalue weighted by Gasteiger charge is -2.13. The normalized spacial score (nSPS) is 15.6. The zero-order valence-corrected chi connectivity index (χ0v) is 9.90. The molecule has 1 amide bonds. The molecule has 2 rings (SSSR count). The summed E-state index contributed by atoms with van der Waals surface area (Å²) < 4.78 is 12.7. The van der Waals surface area contributed by atoms with Crippen molar-refractivity contribution in [2.45, 2.75) is 12.8 Å². The molecule has 0 bridgehead atoms. The highest BCUT2D eigenvalue weighted by molar-refractivity contribution is 6.01. The Balaban J connectivity index is 2.20. The Morgan fingerprint density at radius 1 is 1.28 bits per heavy atom. The van der Waals surface area contributed by atoms with E-state index in [0.29, 0.717) is 18.7 Å². The van der Waals surface area contributed by atoms with Crippen LogP contribution in [0.4, 0.5) is 4.39 Å². The first-order valence-electron chi connectivity index (χ1n) is 5.87. The second-order valence-corrected chi connectivity index (χ2v) is 4.22. The summed E-state index contributed by atoms with van der Waals surface area (Å²) in [5.41, 5.74) is 0.754. The molecule has 0 saturated carbocycles. The van der Waals surface area contributed by atoms with Crippen LogP contribution in [0.3, 0.4) is 0 Å². The van der Waals surface area contributed by atoms with Crippen molar-refractivity contribution < 1.29 is 9.18 Å². The molecule has 0 radical (unpaired) electrons. The van der Waals surface area contributed by atoms with Gasteiger partial charge in [-0.2, -0.15) is 5.26 Å². The zero-order chi connectivity index (χ0) is 13.0. The Labute approximate surface area is 105 Å². The van der Waals surface area contributed by atoms with E-state index in [1.54, 1.807) is 17.0 Å². The molecule has 1 heterocycles. The number of carbonyl (C=O) groups excluding carboxylic acids is 1. The fourth-order valence-electron chi connectivity index (χ4n) is 1.96. The number of hydrogen-bond donors (Lipinski definition) is 0. The molecular weight excluding hydrogens is 231 g/mol. The molecule has 0 N–H and O–H groups in total. The second-order valence-electron chi connectivity index (χ2n) is 4.22. The minimum absolute atomic E-state index is 0.100. The minimum atomic E-state index is -0.337. The van der Waals surface area contributed by atoms with Crippen molar-refractivity contribution in [1.29, 1.82) is 5.26 Å². The van der Waals surface area contributed by atoms with Crippen molar-refractivity contribution in [3.8, 4) is 6.07 Å². The van der Waals surface area contributed by atoms with Gasteiger partial charge in [0.1, 0.15) is 17.5 Å². The molecule has 18 heavy (non-hydrogen) atoms. The Morgan fingerprint density at radius 3 is 2.44 bits per heavy atom. The SMILES string of the molecule is N#C/C(=C\c1ccc(F)cc1)C(=O)N1CCCC1. The van der Waals surface area contributed by atoms with Crippen molar-refractivity contribution in [3.63, 3.8) is 0 Å². The van der Waals surface area contributed by atoms with Gasteiger partial charge in [-0.15, -0.1) is 0 Å². The number of nitriles is 1. The molecule has 0 unspecified atom stereocenters. The van der Waals surface area contributed by atoms with Gasteiger partial charge in [0.2, 0.25) is 0 Å². The Kier molecular flexibility index (Phi) is 3.73. The van der Waals surface area contributed by atoms with Gasteiger partial charge in [0.25, 0.3) is 5.91 Å². The lowest BCUT2D eigenvalue weighted by Crippen LogP contribution is -2.28. The molecule has 1 aliphatic heterocycles. The van der Waals surface area contributed by atoms with E-state index >= 15 is 0 Å². The zero-order valence-electron chi connectivity index (χ0n) is 9.90. The maximum atomic E-state index is 12.7. The van der Waals surface area contributed by atoms with Crippen LogP contribution >= 0.6 is 0 Å². The Hall–Kier alpha value is -2.15. The first-order valence-corrected chi connectivity index (χ1v) is 5.87. The predicted octanol–water partition coefficient (Wildman–Crippen LogP) is 2.36. The van der Waals surface area contributed by atoms with Crippen molar-refractivity contribution in [2.24, 2.45) is 0 Å². The van der Waals surface area contributed by atoms with Gasteiger partial charge >= 0.3 is 0 Å². The highest BCUT2D eigenvalue weighted by atomic mass is 19.1. The number of hydrogen-bond acceptors (Lipinski definition) is 2. The van der Waals surface area contributed by atoms with Gasteiger partial charge in [-0.3, -0.25) is 4.79 Å². The standard InChI is InChI=1S/C14H13FN2O/c15-13-5-3-11(4-6-13)9-12(10-16)14(18)17-7-1-2-8-17/h3-6,9H,1-2,7-8H2/b12-9+. The number of likely N-dealkylation sites (tertiary alicyclic amines) is 1. The molecule has 1 aliphatic rings. The van der Waals surface area contributed by atoms with E-state index in [9.17, 15) is 9.18 Å². The first kappa shape index (κ1) is 12.3. The summed E-state index contributed by atoms with van der Waals surface area (Å²) in [6.45, 7) is 1.42. The van der Waals surface area contributed by atoms with Crippen LogP contribution in [-0.4, -0.2) is 23.9 Å². The molecular formula is C14H13FN2O. The summed E-state index contributed by atoms with van der Waals surface area (Å²) in [4.78, 5) is 13.7. The molecule has 4 heteroatoms. The fraction of sp³-hybridized carbons (Fsp3) is 0.286. The van der Waals surface area contributed by atoms with Crippen molar-refractivity contribution >= 4 is 12.0 Å². The maximum absolute atomic E-state index is 12.7. The molecule has 1 saturated heterocycles.